The maximum atomic E-state index is 13.2. The number of carboxylic acids is 1. The van der Waals surface area contributed by atoms with E-state index in [1.165, 1.54) is 24.3 Å². The Kier molecular flexibility index (Phi) is 6.86. The third-order valence-electron chi connectivity index (χ3n) is 4.66. The molecule has 1 aromatic carbocycles. The molecule has 0 spiro atoms. The number of carboxylic acid groups (broad SMARTS) is 1. The van der Waals surface area contributed by atoms with Gasteiger partial charge in [-0.25, -0.2) is 9.18 Å². The van der Waals surface area contributed by atoms with Gasteiger partial charge in [-0.2, -0.15) is 0 Å². The van der Waals surface area contributed by atoms with Crippen LogP contribution >= 0.6 is 0 Å². The highest BCUT2D eigenvalue weighted by molar-refractivity contribution is 5.87. The zero-order chi connectivity index (χ0) is 21.7. The van der Waals surface area contributed by atoms with Crippen molar-refractivity contribution in [2.75, 3.05) is 0 Å². The Morgan fingerprint density at radius 2 is 1.83 bits per heavy atom. The average molecular weight is 414 g/mol. The predicted octanol–water partition coefficient (Wildman–Crippen LogP) is 2.28. The van der Waals surface area contributed by atoms with E-state index in [-0.39, 0.29) is 18.0 Å². The van der Waals surface area contributed by atoms with Crippen LogP contribution in [0.25, 0.3) is 0 Å². The Bertz CT molecular complexity index is 1020. The summed E-state index contributed by atoms with van der Waals surface area (Å²) in [5.74, 6) is -0.319. The molecule has 0 amide bonds. The summed E-state index contributed by atoms with van der Waals surface area (Å²) >= 11 is 0. The van der Waals surface area contributed by atoms with Crippen molar-refractivity contribution in [3.8, 4) is 0 Å². The van der Waals surface area contributed by atoms with Gasteiger partial charge in [-0.15, -0.1) is 10.2 Å². The second-order valence-electron chi connectivity index (χ2n) is 7.02. The molecule has 0 radical (unpaired) electrons. The van der Waals surface area contributed by atoms with Crippen molar-refractivity contribution in [3.05, 3.63) is 76.4 Å². The fourth-order valence-corrected chi connectivity index (χ4v) is 3.20. The van der Waals surface area contributed by atoms with Crippen LogP contribution in [0.5, 0.6) is 0 Å². The van der Waals surface area contributed by atoms with Crippen molar-refractivity contribution in [2.45, 2.75) is 45.4 Å². The highest BCUT2D eigenvalue weighted by Crippen LogP contribution is 2.17. The second kappa shape index (κ2) is 9.55. The topological polar surface area (TPSA) is 121 Å². The number of nitrogens with zero attached hydrogens (tertiary/aromatic N) is 4. The molecule has 3 N–H and O–H groups in total. The molecule has 158 valence electrons. The fourth-order valence-electron chi connectivity index (χ4n) is 3.20. The molecule has 2 heterocycles. The molecule has 2 aromatic heterocycles. The van der Waals surface area contributed by atoms with E-state index in [1.54, 1.807) is 23.6 Å². The molecule has 0 saturated heterocycles. The lowest BCUT2D eigenvalue weighted by molar-refractivity contribution is 0.0696. The van der Waals surface area contributed by atoms with Crippen molar-refractivity contribution < 1.29 is 24.5 Å². The van der Waals surface area contributed by atoms with Gasteiger partial charge in [0.05, 0.1) is 24.4 Å². The number of aromatic carboxylic acids is 1. The molecule has 3 rings (SSSR count). The minimum Gasteiger partial charge on any atom is -0.478 e. The molecule has 0 aliphatic rings. The SMILES string of the molecule is CC(O)c1nnc(CCCc2cc(C(=O)O)cc(CO)n2)n1Cc1ccc(F)cc1. The molecule has 30 heavy (non-hydrogen) atoms. The van der Waals surface area contributed by atoms with Crippen molar-refractivity contribution in [1.82, 2.24) is 19.7 Å². The van der Waals surface area contributed by atoms with Gasteiger partial charge in [0.2, 0.25) is 0 Å². The van der Waals surface area contributed by atoms with Gasteiger partial charge in [0.25, 0.3) is 0 Å². The monoisotopic (exact) mass is 414 g/mol. The number of halogens is 1. The Morgan fingerprint density at radius 1 is 1.13 bits per heavy atom. The molecule has 0 bridgehead atoms. The van der Waals surface area contributed by atoms with Crippen LogP contribution in [0.15, 0.2) is 36.4 Å². The first-order valence-corrected chi connectivity index (χ1v) is 9.56. The van der Waals surface area contributed by atoms with Crippen LogP contribution in [-0.4, -0.2) is 41.0 Å². The van der Waals surface area contributed by atoms with Gasteiger partial charge < -0.3 is 19.9 Å². The number of rotatable bonds is 9. The van der Waals surface area contributed by atoms with Crippen LogP contribution in [0.1, 0.15) is 58.4 Å². The van der Waals surface area contributed by atoms with Crippen LogP contribution < -0.4 is 0 Å². The van der Waals surface area contributed by atoms with Gasteiger partial charge in [-0.1, -0.05) is 12.1 Å². The van der Waals surface area contributed by atoms with Crippen LogP contribution in [0.2, 0.25) is 0 Å². The number of aromatic nitrogens is 4. The largest absolute Gasteiger partial charge is 0.478 e. The van der Waals surface area contributed by atoms with Crippen molar-refractivity contribution >= 4 is 5.97 Å². The number of carbonyl (C=O) groups is 1. The van der Waals surface area contributed by atoms with Crippen molar-refractivity contribution in [2.24, 2.45) is 0 Å². The van der Waals surface area contributed by atoms with E-state index in [1.807, 2.05) is 0 Å². The van der Waals surface area contributed by atoms with Crippen molar-refractivity contribution in [3.63, 3.8) is 0 Å². The molecule has 0 aliphatic heterocycles. The lowest BCUT2D eigenvalue weighted by Gasteiger charge is -2.12. The van der Waals surface area contributed by atoms with Gasteiger partial charge in [0.1, 0.15) is 17.7 Å². The first-order valence-electron chi connectivity index (χ1n) is 9.56. The van der Waals surface area contributed by atoms with E-state index in [4.69, 9.17) is 0 Å². The number of aliphatic hydroxyl groups is 2. The third kappa shape index (κ3) is 5.25. The minimum atomic E-state index is -1.08. The number of aliphatic hydroxyl groups excluding tert-OH is 2. The Morgan fingerprint density at radius 3 is 2.47 bits per heavy atom. The number of hydrogen-bond donors (Lipinski definition) is 3. The fraction of sp³-hybridized carbons (Fsp3) is 0.333. The van der Waals surface area contributed by atoms with Gasteiger partial charge in [0, 0.05) is 12.1 Å². The summed E-state index contributed by atoms with van der Waals surface area (Å²) in [6.45, 7) is 1.66. The lowest BCUT2D eigenvalue weighted by atomic mass is 10.1. The quantitative estimate of drug-likeness (QED) is 0.491. The molecule has 8 nitrogen and oxygen atoms in total. The van der Waals surface area contributed by atoms with Gasteiger partial charge >= 0.3 is 5.97 Å². The summed E-state index contributed by atoms with van der Waals surface area (Å²) in [4.78, 5) is 15.5. The number of aryl methyl sites for hydroxylation is 2. The zero-order valence-electron chi connectivity index (χ0n) is 16.5. The van der Waals surface area contributed by atoms with Crippen LogP contribution in [0.3, 0.4) is 0 Å². The van der Waals surface area contributed by atoms with Crippen LogP contribution in [-0.2, 0) is 26.0 Å². The number of pyridine rings is 1. The van der Waals surface area contributed by atoms with E-state index < -0.39 is 12.1 Å². The second-order valence-corrected chi connectivity index (χ2v) is 7.02. The molecule has 1 unspecified atom stereocenters. The summed E-state index contributed by atoms with van der Waals surface area (Å²) in [6.07, 6.45) is 0.811. The zero-order valence-corrected chi connectivity index (χ0v) is 16.5. The van der Waals surface area contributed by atoms with Crippen LogP contribution in [0.4, 0.5) is 4.39 Å². The Balaban J connectivity index is 1.75. The van der Waals surface area contributed by atoms with Gasteiger partial charge in [0.15, 0.2) is 5.82 Å². The molecule has 3 aromatic rings. The maximum Gasteiger partial charge on any atom is 0.335 e. The molecule has 0 saturated carbocycles. The Hall–Kier alpha value is -3.17. The van der Waals surface area contributed by atoms with Crippen LogP contribution in [0, 0.1) is 5.82 Å². The normalized spacial score (nSPS) is 12.1. The smallest absolute Gasteiger partial charge is 0.335 e. The van der Waals surface area contributed by atoms with Crippen molar-refractivity contribution in [1.29, 1.82) is 0 Å². The summed E-state index contributed by atoms with van der Waals surface area (Å²) in [7, 11) is 0. The first-order chi connectivity index (χ1) is 14.4. The molecule has 1 atom stereocenters. The summed E-state index contributed by atoms with van der Waals surface area (Å²) < 4.78 is 15.0. The third-order valence-corrected chi connectivity index (χ3v) is 4.66. The first kappa shape index (κ1) is 21.5. The van der Waals surface area contributed by atoms with E-state index in [0.29, 0.717) is 48.8 Å². The Labute approximate surface area is 172 Å². The highest BCUT2D eigenvalue weighted by Gasteiger charge is 2.17. The average Bonchev–Trinajstić information content (AvgIpc) is 3.12. The molecular formula is C21H23FN4O4. The summed E-state index contributed by atoms with van der Waals surface area (Å²) in [5.41, 5.74) is 1.81. The van der Waals surface area contributed by atoms with Gasteiger partial charge in [-0.3, -0.25) is 4.98 Å². The summed E-state index contributed by atoms with van der Waals surface area (Å²) in [6, 6.07) is 8.93. The highest BCUT2D eigenvalue weighted by atomic mass is 19.1. The molecule has 9 heteroatoms. The molecule has 0 fully saturated rings. The van der Waals surface area contributed by atoms with E-state index in [2.05, 4.69) is 15.2 Å². The van der Waals surface area contributed by atoms with E-state index >= 15 is 0 Å². The number of benzene rings is 1. The standard InChI is InChI=1S/C21H23FN4O4/c1-13(28)20-25-24-19(26(20)11-14-5-7-16(22)8-6-14)4-2-3-17-9-15(21(29)30)10-18(12-27)23-17/h5-10,13,27-28H,2-4,11-12H2,1H3,(H,29,30). The summed E-state index contributed by atoms with van der Waals surface area (Å²) in [5, 5.41) is 36.8. The number of hydrogen-bond acceptors (Lipinski definition) is 6. The van der Waals surface area contributed by atoms with Gasteiger partial charge in [-0.05, 0) is 49.6 Å². The van der Waals surface area contributed by atoms with E-state index in [9.17, 15) is 24.5 Å². The lowest BCUT2D eigenvalue weighted by Crippen LogP contribution is -2.12. The molecule has 0 aliphatic carbocycles. The predicted molar refractivity (Wildman–Crippen MR) is 105 cm³/mol. The maximum absolute atomic E-state index is 13.2. The molecular weight excluding hydrogens is 391 g/mol. The van der Waals surface area contributed by atoms with E-state index in [0.717, 1.165) is 5.56 Å². The minimum absolute atomic E-state index is 0.0833.